The third-order valence-electron chi connectivity index (χ3n) is 9.11. The molecule has 1 aliphatic carbocycles. The fraction of sp³-hybridized carbons (Fsp3) is 0.636. The highest BCUT2D eigenvalue weighted by atomic mass is 79.9. The van der Waals surface area contributed by atoms with Gasteiger partial charge in [0.15, 0.2) is 0 Å². The highest BCUT2D eigenvalue weighted by Crippen LogP contribution is 2.53. The Kier molecular flexibility index (Phi) is 10.2. The van der Waals surface area contributed by atoms with Gasteiger partial charge in [-0.05, 0) is 67.4 Å². The Bertz CT molecular complexity index is 1240. The zero-order valence-electron chi connectivity index (χ0n) is 25.9. The van der Waals surface area contributed by atoms with Crippen molar-refractivity contribution in [1.82, 2.24) is 0 Å². The van der Waals surface area contributed by atoms with Crippen LogP contribution in [-0.4, -0.2) is 55.7 Å². The predicted molar refractivity (Wildman–Crippen MR) is 162 cm³/mol. The minimum absolute atomic E-state index is 0.0126. The average molecular weight is 650 g/mol. The molecule has 0 spiro atoms. The summed E-state index contributed by atoms with van der Waals surface area (Å²) in [6.45, 7) is 12.6. The quantitative estimate of drug-likeness (QED) is 0.230. The lowest BCUT2D eigenvalue weighted by Gasteiger charge is -2.49. The maximum Gasteiger partial charge on any atom is 0.331 e. The number of allylic oxidation sites excluding steroid dienone is 1. The van der Waals surface area contributed by atoms with Crippen molar-refractivity contribution in [2.24, 2.45) is 23.2 Å². The van der Waals surface area contributed by atoms with Crippen LogP contribution >= 0.6 is 15.9 Å². The second kappa shape index (κ2) is 13.1. The number of rotatable bonds is 9. The van der Waals surface area contributed by atoms with E-state index < -0.39 is 18.2 Å². The number of halogens is 1. The van der Waals surface area contributed by atoms with E-state index in [0.29, 0.717) is 0 Å². The zero-order chi connectivity index (χ0) is 30.9. The van der Waals surface area contributed by atoms with Crippen LogP contribution in [-0.2, 0) is 33.3 Å². The van der Waals surface area contributed by atoms with Crippen LogP contribution < -0.4 is 0 Å². The molecular weight excluding hydrogens is 604 g/mol. The summed E-state index contributed by atoms with van der Waals surface area (Å²) in [6, 6.07) is 5.22. The van der Waals surface area contributed by atoms with E-state index in [2.05, 4.69) is 50.5 Å². The van der Waals surface area contributed by atoms with E-state index >= 15 is 0 Å². The Labute approximate surface area is 257 Å². The lowest BCUT2D eigenvalue weighted by molar-refractivity contribution is -0.147. The van der Waals surface area contributed by atoms with Crippen molar-refractivity contribution in [2.75, 3.05) is 14.2 Å². The van der Waals surface area contributed by atoms with E-state index in [1.807, 2.05) is 6.07 Å². The average Bonchev–Trinajstić information content (AvgIpc) is 3.23. The molecular formula is C33H45BrO8. The number of hydrogen-bond donors (Lipinski definition) is 1. The molecule has 4 rings (SSSR count). The molecule has 0 unspecified atom stereocenters. The van der Waals surface area contributed by atoms with Gasteiger partial charge in [0.05, 0.1) is 18.6 Å². The second-order valence-electron chi connectivity index (χ2n) is 12.8. The fourth-order valence-corrected chi connectivity index (χ4v) is 7.48. The number of cyclic esters (lactones) is 1. The van der Waals surface area contributed by atoms with E-state index in [9.17, 15) is 14.7 Å². The number of methoxy groups -OCH3 is 2. The molecule has 0 amide bonds. The Morgan fingerprint density at radius 2 is 1.90 bits per heavy atom. The molecule has 2 heterocycles. The highest BCUT2D eigenvalue weighted by Gasteiger charge is 2.49. The van der Waals surface area contributed by atoms with Crippen LogP contribution in [0.3, 0.4) is 0 Å². The van der Waals surface area contributed by atoms with Crippen molar-refractivity contribution in [2.45, 2.75) is 97.7 Å². The van der Waals surface area contributed by atoms with Gasteiger partial charge in [0.2, 0.25) is 0 Å². The molecule has 42 heavy (non-hydrogen) atoms. The first-order valence-electron chi connectivity index (χ1n) is 14.8. The number of hydrogen-bond acceptors (Lipinski definition) is 8. The summed E-state index contributed by atoms with van der Waals surface area (Å²) in [4.78, 5) is 24.8. The number of esters is 2. The summed E-state index contributed by atoms with van der Waals surface area (Å²) in [5.41, 5.74) is 2.45. The number of benzene rings is 1. The molecule has 1 aromatic rings. The Balaban J connectivity index is 1.58. The van der Waals surface area contributed by atoms with Crippen LogP contribution in [0, 0.1) is 23.2 Å². The van der Waals surface area contributed by atoms with Gasteiger partial charge in [-0.25, -0.2) is 4.79 Å². The van der Waals surface area contributed by atoms with Crippen molar-refractivity contribution in [3.8, 4) is 5.75 Å². The van der Waals surface area contributed by atoms with Crippen LogP contribution in [0.15, 0.2) is 45.7 Å². The van der Waals surface area contributed by atoms with Gasteiger partial charge in [0.1, 0.15) is 29.8 Å². The monoisotopic (exact) mass is 648 g/mol. The van der Waals surface area contributed by atoms with Gasteiger partial charge >= 0.3 is 11.9 Å². The van der Waals surface area contributed by atoms with E-state index in [-0.39, 0.29) is 59.6 Å². The van der Waals surface area contributed by atoms with Crippen molar-refractivity contribution < 1.29 is 38.4 Å². The number of phenols is 1. The maximum absolute atomic E-state index is 13.1. The smallest absolute Gasteiger partial charge is 0.331 e. The van der Waals surface area contributed by atoms with Gasteiger partial charge in [-0.1, -0.05) is 50.5 Å². The van der Waals surface area contributed by atoms with Gasteiger partial charge in [-0.2, -0.15) is 0 Å². The first-order valence-corrected chi connectivity index (χ1v) is 15.6. The minimum Gasteiger partial charge on any atom is -0.508 e. The molecule has 1 aromatic carbocycles. The van der Waals surface area contributed by atoms with Crippen molar-refractivity contribution in [3.63, 3.8) is 0 Å². The van der Waals surface area contributed by atoms with Gasteiger partial charge < -0.3 is 28.8 Å². The third kappa shape index (κ3) is 6.73. The molecule has 232 valence electrons. The molecule has 0 saturated carbocycles. The highest BCUT2D eigenvalue weighted by molar-refractivity contribution is 9.10. The predicted octanol–water partition coefficient (Wildman–Crippen LogP) is 6.80. The molecule has 0 aromatic heterocycles. The Morgan fingerprint density at radius 1 is 1.19 bits per heavy atom. The summed E-state index contributed by atoms with van der Waals surface area (Å²) in [5.74, 6) is 0.500. The maximum atomic E-state index is 13.1. The molecule has 0 radical (unpaired) electrons. The minimum atomic E-state index is -0.591. The molecule has 1 saturated heterocycles. The zero-order valence-corrected chi connectivity index (χ0v) is 27.5. The van der Waals surface area contributed by atoms with Crippen LogP contribution in [0.5, 0.6) is 5.75 Å². The van der Waals surface area contributed by atoms with Gasteiger partial charge in [-0.15, -0.1) is 0 Å². The normalized spacial score (nSPS) is 31.3. The molecule has 9 heteroatoms. The first-order chi connectivity index (χ1) is 19.8. The largest absolute Gasteiger partial charge is 0.508 e. The van der Waals surface area contributed by atoms with Crippen LogP contribution in [0.4, 0.5) is 0 Å². The second-order valence-corrected chi connectivity index (χ2v) is 13.6. The van der Waals surface area contributed by atoms with E-state index in [0.717, 1.165) is 46.2 Å². The van der Waals surface area contributed by atoms with E-state index in [1.54, 1.807) is 39.4 Å². The van der Waals surface area contributed by atoms with Gasteiger partial charge in [0, 0.05) is 41.7 Å². The Morgan fingerprint density at radius 3 is 2.52 bits per heavy atom. The number of ether oxygens (including phenoxy) is 5. The van der Waals surface area contributed by atoms with Crippen LogP contribution in [0.25, 0.3) is 0 Å². The lowest BCUT2D eigenvalue weighted by Crippen LogP contribution is -2.47. The molecule has 8 atom stereocenters. The molecule has 8 nitrogen and oxygen atoms in total. The molecule has 1 N–H and O–H groups in total. The van der Waals surface area contributed by atoms with Crippen molar-refractivity contribution in [3.05, 3.63) is 51.2 Å². The van der Waals surface area contributed by atoms with E-state index in [1.165, 1.54) is 0 Å². The van der Waals surface area contributed by atoms with Gasteiger partial charge in [-0.3, -0.25) is 4.79 Å². The molecule has 1 fully saturated rings. The summed E-state index contributed by atoms with van der Waals surface area (Å²) in [6.07, 6.45) is 2.40. The van der Waals surface area contributed by atoms with Crippen LogP contribution in [0.2, 0.25) is 0 Å². The lowest BCUT2D eigenvalue weighted by atomic mass is 9.65. The standard InChI is InChI=1S/C33H45BrO8/c1-17(9-12-25(38-7)23-13-21(35)10-11-24(23)34)30-19(3)31(39-8)29-22(18(2)16-33(5,6)32(29)42-30)14-27(36)41-26-15-28(37)40-20(26)4/h10-11,13-14,17-20,25-26,30-31,35H,9,12,15-16H2,1-8H3/b22-14+/t17-,18+,19+,20+,25-,26+,30+,31+/m0/s1. The molecule has 2 aliphatic heterocycles. The number of phenolic OH excluding ortho intramolecular Hbond substituents is 1. The topological polar surface area (TPSA) is 101 Å². The number of carbonyl (C=O) groups excluding carboxylic acids is 2. The molecule has 3 aliphatic rings. The fourth-order valence-electron chi connectivity index (χ4n) is 6.98. The molecule has 0 bridgehead atoms. The van der Waals surface area contributed by atoms with Crippen molar-refractivity contribution >= 4 is 27.9 Å². The van der Waals surface area contributed by atoms with E-state index in [4.69, 9.17) is 23.7 Å². The van der Waals surface area contributed by atoms with Gasteiger partial charge in [0.25, 0.3) is 0 Å². The summed E-state index contributed by atoms with van der Waals surface area (Å²) in [5, 5.41) is 10.0. The Hall–Kier alpha value is -2.36. The summed E-state index contributed by atoms with van der Waals surface area (Å²) in [7, 11) is 3.40. The van der Waals surface area contributed by atoms with Crippen LogP contribution in [0.1, 0.15) is 78.9 Å². The summed E-state index contributed by atoms with van der Waals surface area (Å²) >= 11 is 3.59. The first kappa shape index (κ1) is 32.6. The number of aromatic hydroxyl groups is 1. The third-order valence-corrected chi connectivity index (χ3v) is 9.83. The number of carbonyl (C=O) groups is 2. The summed E-state index contributed by atoms with van der Waals surface area (Å²) < 4.78 is 30.6. The SMILES string of the molecule is CO[C@@H](CC[C@H](C)[C@H]1OC2=C(/C(=C/C(=O)O[C@@H]3CC(=O)O[C@@H]3C)[C@H](C)CC2(C)C)[C@H](OC)[C@@H]1C)c1cc(O)ccc1Br. The van der Waals surface area contributed by atoms with Crippen molar-refractivity contribution in [1.29, 1.82) is 0 Å².